The molecule has 1 aromatic heterocycles. The second-order valence-electron chi connectivity index (χ2n) is 5.02. The first-order valence-electron chi connectivity index (χ1n) is 7.23. The zero-order chi connectivity index (χ0) is 16.2. The number of nitrogens with zero attached hydrogens (tertiary/aromatic N) is 3. The monoisotopic (exact) mass is 307 g/mol. The highest BCUT2D eigenvalue weighted by Gasteiger charge is 2.21. The van der Waals surface area contributed by atoms with Crippen molar-refractivity contribution < 1.29 is 9.63 Å². The van der Waals surface area contributed by atoms with E-state index >= 15 is 0 Å². The van der Waals surface area contributed by atoms with Gasteiger partial charge in [-0.25, -0.2) is 9.75 Å². The second-order valence-corrected chi connectivity index (χ2v) is 5.02. The van der Waals surface area contributed by atoms with Crippen LogP contribution >= 0.6 is 0 Å². The number of hydroxylamine groups is 2. The van der Waals surface area contributed by atoms with E-state index in [4.69, 9.17) is 4.84 Å². The SMILES string of the molecule is CON(C)C(=O)c1cn(-c2ccccc2)nc1-c1ccccc1. The molecule has 3 aromatic rings. The van der Waals surface area contributed by atoms with Gasteiger partial charge in [0.2, 0.25) is 0 Å². The summed E-state index contributed by atoms with van der Waals surface area (Å²) in [6.07, 6.45) is 1.73. The van der Waals surface area contributed by atoms with Crippen LogP contribution in [0.15, 0.2) is 66.9 Å². The van der Waals surface area contributed by atoms with Gasteiger partial charge in [-0.15, -0.1) is 0 Å². The average molecular weight is 307 g/mol. The fourth-order valence-electron chi connectivity index (χ4n) is 2.31. The number of para-hydroxylation sites is 1. The molecule has 0 fully saturated rings. The summed E-state index contributed by atoms with van der Waals surface area (Å²) in [6, 6.07) is 19.3. The molecule has 0 radical (unpaired) electrons. The van der Waals surface area contributed by atoms with Gasteiger partial charge in [-0.3, -0.25) is 9.63 Å². The normalized spacial score (nSPS) is 10.5. The summed E-state index contributed by atoms with van der Waals surface area (Å²) in [7, 11) is 3.04. The summed E-state index contributed by atoms with van der Waals surface area (Å²) in [5, 5.41) is 5.80. The molecule has 2 aromatic carbocycles. The molecule has 0 aliphatic heterocycles. The van der Waals surface area contributed by atoms with Crippen molar-refractivity contribution in [3.05, 3.63) is 72.4 Å². The summed E-state index contributed by atoms with van der Waals surface area (Å²) in [6.45, 7) is 0. The molecular formula is C18H17N3O2. The van der Waals surface area contributed by atoms with Crippen LogP contribution in [0.1, 0.15) is 10.4 Å². The number of carbonyl (C=O) groups excluding carboxylic acids is 1. The van der Waals surface area contributed by atoms with Crippen LogP contribution in [0.5, 0.6) is 0 Å². The third kappa shape index (κ3) is 3.00. The van der Waals surface area contributed by atoms with E-state index in [9.17, 15) is 4.79 Å². The molecule has 0 aliphatic carbocycles. The lowest BCUT2D eigenvalue weighted by Gasteiger charge is -2.13. The molecule has 0 spiro atoms. The van der Waals surface area contributed by atoms with Crippen LogP contribution in [0.4, 0.5) is 0 Å². The van der Waals surface area contributed by atoms with Crippen LogP contribution in [-0.4, -0.2) is 34.9 Å². The van der Waals surface area contributed by atoms with Gasteiger partial charge in [-0.05, 0) is 12.1 Å². The van der Waals surface area contributed by atoms with E-state index in [1.165, 1.54) is 12.2 Å². The first kappa shape index (κ1) is 15.0. The van der Waals surface area contributed by atoms with E-state index in [1.54, 1.807) is 17.9 Å². The Labute approximate surface area is 134 Å². The summed E-state index contributed by atoms with van der Waals surface area (Å²) in [5.41, 5.74) is 2.89. The van der Waals surface area contributed by atoms with Crippen LogP contribution in [-0.2, 0) is 4.84 Å². The van der Waals surface area contributed by atoms with Gasteiger partial charge in [0, 0.05) is 18.8 Å². The average Bonchev–Trinajstić information content (AvgIpc) is 3.07. The van der Waals surface area contributed by atoms with E-state index in [-0.39, 0.29) is 5.91 Å². The lowest BCUT2D eigenvalue weighted by Crippen LogP contribution is -2.25. The maximum absolute atomic E-state index is 12.6. The van der Waals surface area contributed by atoms with E-state index < -0.39 is 0 Å². The lowest BCUT2D eigenvalue weighted by molar-refractivity contribution is -0.0756. The standard InChI is InChI=1S/C18H17N3O2/c1-20(23-2)18(22)16-13-21(15-11-7-4-8-12-15)19-17(16)14-9-5-3-6-10-14/h3-13H,1-2H3. The van der Waals surface area contributed by atoms with E-state index in [0.29, 0.717) is 11.3 Å². The molecule has 116 valence electrons. The highest BCUT2D eigenvalue weighted by atomic mass is 16.7. The fraction of sp³-hybridized carbons (Fsp3) is 0.111. The number of hydrogen-bond acceptors (Lipinski definition) is 3. The van der Waals surface area contributed by atoms with Crippen LogP contribution in [0, 0.1) is 0 Å². The molecule has 23 heavy (non-hydrogen) atoms. The number of rotatable bonds is 4. The minimum atomic E-state index is -0.242. The van der Waals surface area contributed by atoms with Crippen molar-refractivity contribution in [3.8, 4) is 16.9 Å². The van der Waals surface area contributed by atoms with Crippen LogP contribution < -0.4 is 0 Å². The van der Waals surface area contributed by atoms with Crippen LogP contribution in [0.3, 0.4) is 0 Å². The largest absolute Gasteiger partial charge is 0.281 e. The van der Waals surface area contributed by atoms with Gasteiger partial charge in [-0.1, -0.05) is 48.5 Å². The van der Waals surface area contributed by atoms with Gasteiger partial charge in [0.1, 0.15) is 5.69 Å². The van der Waals surface area contributed by atoms with E-state index in [1.807, 2.05) is 60.7 Å². The molecule has 1 amide bonds. The van der Waals surface area contributed by atoms with Crippen molar-refractivity contribution in [2.75, 3.05) is 14.2 Å². The predicted molar refractivity (Wildman–Crippen MR) is 88.1 cm³/mol. The Kier molecular flexibility index (Phi) is 4.21. The molecule has 5 nitrogen and oxygen atoms in total. The maximum atomic E-state index is 12.6. The summed E-state index contributed by atoms with van der Waals surface area (Å²) in [4.78, 5) is 17.6. The Bertz CT molecular complexity index is 798. The van der Waals surface area contributed by atoms with Crippen LogP contribution in [0.2, 0.25) is 0 Å². The zero-order valence-corrected chi connectivity index (χ0v) is 13.0. The Morgan fingerprint density at radius 3 is 2.26 bits per heavy atom. The maximum Gasteiger partial charge on any atom is 0.281 e. The van der Waals surface area contributed by atoms with Crippen molar-refractivity contribution in [2.45, 2.75) is 0 Å². The first-order chi connectivity index (χ1) is 11.2. The third-order valence-electron chi connectivity index (χ3n) is 3.57. The summed E-state index contributed by atoms with van der Waals surface area (Å²) >= 11 is 0. The zero-order valence-electron chi connectivity index (χ0n) is 13.0. The molecule has 3 rings (SSSR count). The Hall–Kier alpha value is -2.92. The van der Waals surface area contributed by atoms with Crippen molar-refractivity contribution in [2.24, 2.45) is 0 Å². The molecular weight excluding hydrogens is 290 g/mol. The van der Waals surface area contributed by atoms with Crippen molar-refractivity contribution in [3.63, 3.8) is 0 Å². The second kappa shape index (κ2) is 6.46. The van der Waals surface area contributed by atoms with Crippen molar-refractivity contribution in [1.29, 1.82) is 0 Å². The number of carbonyl (C=O) groups is 1. The third-order valence-corrected chi connectivity index (χ3v) is 3.57. The predicted octanol–water partition coefficient (Wildman–Crippen LogP) is 3.17. The van der Waals surface area contributed by atoms with E-state index in [2.05, 4.69) is 5.10 Å². The Morgan fingerprint density at radius 2 is 1.65 bits per heavy atom. The summed E-state index contributed by atoms with van der Waals surface area (Å²) < 4.78 is 1.71. The van der Waals surface area contributed by atoms with Gasteiger partial charge in [0.25, 0.3) is 5.91 Å². The molecule has 0 N–H and O–H groups in total. The van der Waals surface area contributed by atoms with Gasteiger partial charge >= 0.3 is 0 Å². The van der Waals surface area contributed by atoms with Gasteiger partial charge in [0.15, 0.2) is 0 Å². The number of benzene rings is 2. The van der Waals surface area contributed by atoms with Gasteiger partial charge < -0.3 is 0 Å². The Morgan fingerprint density at radius 1 is 1.04 bits per heavy atom. The minimum absolute atomic E-state index is 0.242. The minimum Gasteiger partial charge on any atom is -0.274 e. The fourth-order valence-corrected chi connectivity index (χ4v) is 2.31. The van der Waals surface area contributed by atoms with Crippen molar-refractivity contribution >= 4 is 5.91 Å². The number of hydrogen-bond donors (Lipinski definition) is 0. The number of amides is 1. The van der Waals surface area contributed by atoms with E-state index in [0.717, 1.165) is 11.3 Å². The molecule has 0 aliphatic rings. The molecule has 5 heteroatoms. The number of aromatic nitrogens is 2. The topological polar surface area (TPSA) is 47.4 Å². The Balaban J connectivity index is 2.13. The highest BCUT2D eigenvalue weighted by molar-refractivity contribution is 5.99. The molecule has 0 saturated carbocycles. The van der Waals surface area contributed by atoms with Gasteiger partial charge in [0.05, 0.1) is 18.4 Å². The molecule has 0 atom stereocenters. The molecule has 0 saturated heterocycles. The molecule has 0 bridgehead atoms. The summed E-state index contributed by atoms with van der Waals surface area (Å²) in [5.74, 6) is -0.242. The quantitative estimate of drug-likeness (QED) is 0.696. The smallest absolute Gasteiger partial charge is 0.274 e. The molecule has 0 unspecified atom stereocenters. The lowest BCUT2D eigenvalue weighted by atomic mass is 10.1. The van der Waals surface area contributed by atoms with Gasteiger partial charge in [-0.2, -0.15) is 5.10 Å². The first-order valence-corrected chi connectivity index (χ1v) is 7.23. The molecule has 1 heterocycles. The highest BCUT2D eigenvalue weighted by Crippen LogP contribution is 2.24. The van der Waals surface area contributed by atoms with Crippen molar-refractivity contribution in [1.82, 2.24) is 14.8 Å². The van der Waals surface area contributed by atoms with Crippen LogP contribution in [0.25, 0.3) is 16.9 Å².